The van der Waals surface area contributed by atoms with Gasteiger partial charge in [-0.1, -0.05) is 12.1 Å². The summed E-state index contributed by atoms with van der Waals surface area (Å²) >= 11 is 0. The number of amides is 2. The number of rotatable bonds is 2. The van der Waals surface area contributed by atoms with Gasteiger partial charge >= 0.3 is 0 Å². The topological polar surface area (TPSA) is 88.9 Å². The molecule has 0 saturated carbocycles. The lowest BCUT2D eigenvalue weighted by molar-refractivity contribution is -0.125. The van der Waals surface area contributed by atoms with Crippen LogP contribution in [-0.2, 0) is 9.59 Å². The molecule has 0 bridgehead atoms. The Morgan fingerprint density at radius 2 is 2.24 bits per heavy atom. The van der Waals surface area contributed by atoms with Crippen molar-refractivity contribution in [1.29, 1.82) is 0 Å². The maximum atomic E-state index is 12.5. The summed E-state index contributed by atoms with van der Waals surface area (Å²) in [5, 5.41) is 9.45. The van der Waals surface area contributed by atoms with E-state index in [1.807, 2.05) is 32.0 Å². The summed E-state index contributed by atoms with van der Waals surface area (Å²) < 4.78 is 1.43. The van der Waals surface area contributed by atoms with Gasteiger partial charge in [-0.05, 0) is 31.0 Å². The molecule has 2 aromatic rings. The van der Waals surface area contributed by atoms with E-state index in [9.17, 15) is 9.59 Å². The van der Waals surface area contributed by atoms with Crippen LogP contribution >= 0.6 is 0 Å². The van der Waals surface area contributed by atoms with Crippen LogP contribution in [0.4, 0.5) is 11.6 Å². The lowest BCUT2D eigenvalue weighted by Gasteiger charge is -2.23. The molecule has 21 heavy (non-hydrogen) atoms. The van der Waals surface area contributed by atoms with Crippen molar-refractivity contribution in [3.05, 3.63) is 35.7 Å². The Bertz CT molecular complexity index is 722. The largest absolute Gasteiger partial charge is 0.324 e. The molecule has 1 aliphatic heterocycles. The third-order valence-corrected chi connectivity index (χ3v) is 3.45. The highest BCUT2D eigenvalue weighted by molar-refractivity contribution is 6.01. The van der Waals surface area contributed by atoms with Crippen molar-refractivity contribution in [2.24, 2.45) is 0 Å². The molecule has 7 nitrogen and oxygen atoms in total. The first kappa shape index (κ1) is 13.3. The van der Waals surface area contributed by atoms with Crippen molar-refractivity contribution in [3.8, 4) is 0 Å². The fourth-order valence-electron chi connectivity index (χ4n) is 2.30. The molecule has 2 N–H and O–H groups in total. The fourth-order valence-corrected chi connectivity index (χ4v) is 2.30. The normalized spacial score (nSPS) is 17.0. The van der Waals surface area contributed by atoms with E-state index in [-0.39, 0.29) is 18.2 Å². The zero-order valence-corrected chi connectivity index (χ0v) is 11.8. The highest BCUT2D eigenvalue weighted by Crippen LogP contribution is 2.24. The second-order valence-corrected chi connectivity index (χ2v) is 5.10. The van der Waals surface area contributed by atoms with Gasteiger partial charge in [0.2, 0.25) is 17.8 Å². The highest BCUT2D eigenvalue weighted by Gasteiger charge is 2.32. The molecule has 7 heteroatoms. The summed E-state index contributed by atoms with van der Waals surface area (Å²) in [5.74, 6) is -0.214. The van der Waals surface area contributed by atoms with Crippen molar-refractivity contribution >= 4 is 23.5 Å². The summed E-state index contributed by atoms with van der Waals surface area (Å²) in [5.41, 5.74) is 2.76. The number of carbonyl (C=O) groups excluding carboxylic acids is 2. The van der Waals surface area contributed by atoms with Gasteiger partial charge in [0.25, 0.3) is 0 Å². The minimum absolute atomic E-state index is 0.0487. The van der Waals surface area contributed by atoms with E-state index >= 15 is 0 Å². The predicted molar refractivity (Wildman–Crippen MR) is 76.9 cm³/mol. The number of anilines is 2. The van der Waals surface area contributed by atoms with Gasteiger partial charge in [-0.15, -0.1) is 0 Å². The summed E-state index contributed by atoms with van der Waals surface area (Å²) in [6.07, 6.45) is 1.37. The van der Waals surface area contributed by atoms with Gasteiger partial charge in [0.15, 0.2) is 0 Å². The molecule has 0 spiro atoms. The summed E-state index contributed by atoms with van der Waals surface area (Å²) in [4.78, 5) is 28.0. The number of benzene rings is 1. The van der Waals surface area contributed by atoms with E-state index < -0.39 is 6.04 Å². The SMILES string of the molecule is Cc1ccc(C)c(NC(=O)[C@H]2CC(=O)Nc3ncnn32)c1. The number of aryl methyl sites for hydroxylation is 2. The number of nitrogens with one attached hydrogen (secondary N) is 2. The molecule has 3 rings (SSSR count). The number of nitrogens with zero attached hydrogens (tertiary/aromatic N) is 3. The maximum Gasteiger partial charge on any atom is 0.249 e. The second-order valence-electron chi connectivity index (χ2n) is 5.10. The number of hydrogen-bond donors (Lipinski definition) is 2. The van der Waals surface area contributed by atoms with Gasteiger partial charge in [-0.3, -0.25) is 14.9 Å². The molecule has 0 radical (unpaired) electrons. The van der Waals surface area contributed by atoms with Gasteiger partial charge in [0.1, 0.15) is 12.4 Å². The van der Waals surface area contributed by atoms with E-state index in [0.717, 1.165) is 16.8 Å². The minimum Gasteiger partial charge on any atom is -0.324 e. The van der Waals surface area contributed by atoms with Crippen LogP contribution < -0.4 is 10.6 Å². The fraction of sp³-hybridized carbons (Fsp3) is 0.286. The monoisotopic (exact) mass is 285 g/mol. The zero-order chi connectivity index (χ0) is 15.0. The van der Waals surface area contributed by atoms with Crippen LogP contribution in [0.25, 0.3) is 0 Å². The summed E-state index contributed by atoms with van der Waals surface area (Å²) in [7, 11) is 0. The second kappa shape index (κ2) is 5.01. The van der Waals surface area contributed by atoms with E-state index in [2.05, 4.69) is 20.7 Å². The Labute approximate surface area is 121 Å². The van der Waals surface area contributed by atoms with Crippen LogP contribution in [0.5, 0.6) is 0 Å². The van der Waals surface area contributed by atoms with Crippen LogP contribution in [0.3, 0.4) is 0 Å². The smallest absolute Gasteiger partial charge is 0.249 e. The third kappa shape index (κ3) is 2.49. The van der Waals surface area contributed by atoms with Gasteiger partial charge in [-0.2, -0.15) is 10.1 Å². The average Bonchev–Trinajstić information content (AvgIpc) is 2.89. The Morgan fingerprint density at radius 1 is 1.43 bits per heavy atom. The predicted octanol–water partition coefficient (Wildman–Crippen LogP) is 1.42. The highest BCUT2D eigenvalue weighted by atomic mass is 16.2. The molecule has 1 atom stereocenters. The number of aromatic nitrogens is 3. The molecule has 2 amide bonds. The summed E-state index contributed by atoms with van der Waals surface area (Å²) in [6, 6.07) is 5.14. The Morgan fingerprint density at radius 3 is 3.05 bits per heavy atom. The van der Waals surface area contributed by atoms with Crippen molar-refractivity contribution in [2.75, 3.05) is 10.6 Å². The van der Waals surface area contributed by atoms with Crippen molar-refractivity contribution in [3.63, 3.8) is 0 Å². The van der Waals surface area contributed by atoms with Crippen molar-refractivity contribution in [2.45, 2.75) is 26.3 Å². The van der Waals surface area contributed by atoms with Gasteiger partial charge in [0, 0.05) is 5.69 Å². The minimum atomic E-state index is -0.684. The quantitative estimate of drug-likeness (QED) is 0.873. The molecular weight excluding hydrogens is 270 g/mol. The van der Waals surface area contributed by atoms with E-state index in [1.165, 1.54) is 11.0 Å². The summed E-state index contributed by atoms with van der Waals surface area (Å²) in [6.45, 7) is 3.88. The van der Waals surface area contributed by atoms with Crippen LogP contribution in [-0.4, -0.2) is 26.6 Å². The number of carbonyl (C=O) groups is 2. The Balaban J connectivity index is 1.86. The molecule has 0 unspecified atom stereocenters. The first-order valence-electron chi connectivity index (χ1n) is 6.62. The molecule has 0 fully saturated rings. The van der Waals surface area contributed by atoms with E-state index in [1.54, 1.807) is 0 Å². The average molecular weight is 285 g/mol. The van der Waals surface area contributed by atoms with Crippen LogP contribution in [0.2, 0.25) is 0 Å². The molecule has 2 heterocycles. The van der Waals surface area contributed by atoms with Crippen molar-refractivity contribution in [1.82, 2.24) is 14.8 Å². The van der Waals surface area contributed by atoms with Gasteiger partial charge in [-0.25, -0.2) is 4.68 Å². The van der Waals surface area contributed by atoms with Crippen molar-refractivity contribution < 1.29 is 9.59 Å². The zero-order valence-electron chi connectivity index (χ0n) is 11.8. The first-order valence-corrected chi connectivity index (χ1v) is 6.62. The first-order chi connectivity index (χ1) is 10.0. The maximum absolute atomic E-state index is 12.5. The number of fused-ring (bicyclic) bond motifs is 1. The molecule has 0 aliphatic carbocycles. The van der Waals surface area contributed by atoms with E-state index in [4.69, 9.17) is 0 Å². The molecule has 1 aromatic carbocycles. The molecule has 0 saturated heterocycles. The lowest BCUT2D eigenvalue weighted by Crippen LogP contribution is -2.36. The number of hydrogen-bond acceptors (Lipinski definition) is 4. The van der Waals surface area contributed by atoms with Crippen LogP contribution in [0.15, 0.2) is 24.5 Å². The molecular formula is C14H15N5O2. The van der Waals surface area contributed by atoms with Gasteiger partial charge < -0.3 is 5.32 Å². The van der Waals surface area contributed by atoms with Gasteiger partial charge in [0.05, 0.1) is 6.42 Å². The molecule has 1 aromatic heterocycles. The molecule has 108 valence electrons. The third-order valence-electron chi connectivity index (χ3n) is 3.45. The van der Waals surface area contributed by atoms with Crippen LogP contribution in [0.1, 0.15) is 23.6 Å². The van der Waals surface area contributed by atoms with Crippen LogP contribution in [0, 0.1) is 13.8 Å². The lowest BCUT2D eigenvalue weighted by atomic mass is 10.1. The van der Waals surface area contributed by atoms with E-state index in [0.29, 0.717) is 5.95 Å². The Hall–Kier alpha value is -2.70. The molecule has 1 aliphatic rings. The standard InChI is InChI=1S/C14H15N5O2/c1-8-3-4-9(2)10(5-8)17-13(21)11-6-12(20)18-14-15-7-16-19(11)14/h3-5,7,11H,6H2,1-2H3,(H,17,21)(H,15,16,18,20)/t11-/m1/s1. The Kier molecular flexibility index (Phi) is 3.17.